The van der Waals surface area contributed by atoms with Crippen molar-refractivity contribution in [1.82, 2.24) is 15.2 Å². The minimum atomic E-state index is -0.0575. The molecule has 1 aromatic carbocycles. The highest BCUT2D eigenvalue weighted by Crippen LogP contribution is 2.26. The quantitative estimate of drug-likeness (QED) is 0.381. The van der Waals surface area contributed by atoms with Crippen LogP contribution in [-0.4, -0.2) is 48.4 Å². The molecule has 2 heterocycles. The summed E-state index contributed by atoms with van der Waals surface area (Å²) in [5.41, 5.74) is 2.44. The predicted molar refractivity (Wildman–Crippen MR) is 124 cm³/mol. The fourth-order valence-electron chi connectivity index (χ4n) is 3.32. The number of hydrogen-bond donors (Lipinski definition) is 2. The first-order valence-electron chi connectivity index (χ1n) is 9.39. The third-order valence-corrected chi connectivity index (χ3v) is 4.78. The molecule has 1 saturated heterocycles. The van der Waals surface area contributed by atoms with Gasteiger partial charge in [0.1, 0.15) is 5.82 Å². The molecule has 1 aliphatic heterocycles. The van der Waals surface area contributed by atoms with E-state index >= 15 is 0 Å². The molecule has 3 rings (SSSR count). The molecule has 7 heteroatoms. The molecule has 28 heavy (non-hydrogen) atoms. The maximum atomic E-state index is 12.1. The van der Waals surface area contributed by atoms with E-state index in [2.05, 4.69) is 49.8 Å². The molecule has 0 bridgehead atoms. The third-order valence-electron chi connectivity index (χ3n) is 4.78. The Hall–Kier alpha value is -2.16. The summed E-state index contributed by atoms with van der Waals surface area (Å²) in [5.74, 6) is 1.91. The molecule has 1 fully saturated rings. The fourth-order valence-corrected chi connectivity index (χ4v) is 3.32. The predicted octanol–water partition coefficient (Wildman–Crippen LogP) is 3.40. The summed E-state index contributed by atoms with van der Waals surface area (Å²) in [7, 11) is 1.79. The highest BCUT2D eigenvalue weighted by molar-refractivity contribution is 14.0. The number of aromatic nitrogens is 1. The molecule has 2 aromatic rings. The molecule has 6 nitrogen and oxygen atoms in total. The van der Waals surface area contributed by atoms with Crippen molar-refractivity contribution >= 4 is 41.7 Å². The Morgan fingerprint density at radius 2 is 2.04 bits per heavy atom. The Kier molecular flexibility index (Phi) is 8.69. The van der Waals surface area contributed by atoms with Crippen LogP contribution in [0, 0.1) is 6.92 Å². The maximum Gasteiger partial charge on any atom is 0.227 e. The highest BCUT2D eigenvalue weighted by atomic mass is 127. The molecule has 150 valence electrons. The van der Waals surface area contributed by atoms with E-state index in [9.17, 15) is 4.79 Å². The van der Waals surface area contributed by atoms with Gasteiger partial charge in [-0.05, 0) is 30.5 Å². The molecule has 1 aliphatic rings. The zero-order valence-electron chi connectivity index (χ0n) is 16.4. The fraction of sp³-hybridized carbons (Fsp3) is 0.381. The van der Waals surface area contributed by atoms with Crippen molar-refractivity contribution in [3.63, 3.8) is 0 Å². The summed E-state index contributed by atoms with van der Waals surface area (Å²) in [5, 5.41) is 6.12. The first kappa shape index (κ1) is 22.1. The highest BCUT2D eigenvalue weighted by Gasteiger charge is 2.25. The average molecular weight is 493 g/mol. The minimum absolute atomic E-state index is 0. The average Bonchev–Trinajstić information content (AvgIpc) is 3.18. The summed E-state index contributed by atoms with van der Waals surface area (Å²) in [6.07, 6.45) is 3.22. The number of nitrogens with one attached hydrogen (secondary N) is 2. The molecule has 1 unspecified atom stereocenters. The molecule has 2 N–H and O–H groups in total. The van der Waals surface area contributed by atoms with Crippen molar-refractivity contribution in [2.24, 2.45) is 4.99 Å². The van der Waals surface area contributed by atoms with Crippen LogP contribution in [0.2, 0.25) is 0 Å². The van der Waals surface area contributed by atoms with Crippen molar-refractivity contribution in [3.8, 4) is 0 Å². The van der Waals surface area contributed by atoms with Crippen LogP contribution in [0.25, 0.3) is 0 Å². The van der Waals surface area contributed by atoms with E-state index in [4.69, 9.17) is 0 Å². The largest absolute Gasteiger partial charge is 0.356 e. The molecular formula is C21H28IN5O. The minimum Gasteiger partial charge on any atom is -0.356 e. The van der Waals surface area contributed by atoms with E-state index in [0.717, 1.165) is 31.0 Å². The number of pyridine rings is 1. The van der Waals surface area contributed by atoms with Gasteiger partial charge >= 0.3 is 0 Å². The molecule has 0 saturated carbocycles. The van der Waals surface area contributed by atoms with Gasteiger partial charge in [0.05, 0.1) is 0 Å². The third kappa shape index (κ3) is 6.19. The van der Waals surface area contributed by atoms with Gasteiger partial charge in [-0.2, -0.15) is 0 Å². The normalized spacial score (nSPS) is 16.4. The molecular weight excluding hydrogens is 465 g/mol. The number of halogens is 1. The SMILES string of the molecule is CN=C(NCCC(=O)Nc1ccc(C)cn1)N1CCC(c2ccccc2)C1.I. The van der Waals surface area contributed by atoms with E-state index in [0.29, 0.717) is 24.7 Å². The van der Waals surface area contributed by atoms with Crippen LogP contribution >= 0.6 is 24.0 Å². The van der Waals surface area contributed by atoms with Crippen LogP contribution in [0.15, 0.2) is 53.7 Å². The molecule has 0 radical (unpaired) electrons. The lowest BCUT2D eigenvalue weighted by Crippen LogP contribution is -2.41. The van der Waals surface area contributed by atoms with Crippen LogP contribution < -0.4 is 10.6 Å². The Labute approximate surface area is 183 Å². The number of amides is 1. The van der Waals surface area contributed by atoms with Crippen LogP contribution in [0.1, 0.15) is 29.9 Å². The summed E-state index contributed by atoms with van der Waals surface area (Å²) >= 11 is 0. The van der Waals surface area contributed by atoms with Gasteiger partial charge in [-0.25, -0.2) is 4.98 Å². The summed E-state index contributed by atoms with van der Waals surface area (Å²) in [6.45, 7) is 4.42. The van der Waals surface area contributed by atoms with E-state index in [-0.39, 0.29) is 29.9 Å². The number of likely N-dealkylation sites (tertiary alicyclic amines) is 1. The van der Waals surface area contributed by atoms with E-state index in [1.165, 1.54) is 5.56 Å². The van der Waals surface area contributed by atoms with Gasteiger partial charge < -0.3 is 15.5 Å². The van der Waals surface area contributed by atoms with Crippen LogP contribution in [0.3, 0.4) is 0 Å². The molecule has 1 atom stereocenters. The molecule has 1 aromatic heterocycles. The number of hydrogen-bond acceptors (Lipinski definition) is 3. The van der Waals surface area contributed by atoms with Gasteiger partial charge in [-0.1, -0.05) is 36.4 Å². The number of carbonyl (C=O) groups is 1. The van der Waals surface area contributed by atoms with Gasteiger partial charge in [0.2, 0.25) is 5.91 Å². The lowest BCUT2D eigenvalue weighted by atomic mass is 9.99. The van der Waals surface area contributed by atoms with Crippen LogP contribution in [0.5, 0.6) is 0 Å². The zero-order chi connectivity index (χ0) is 19.1. The second-order valence-electron chi connectivity index (χ2n) is 6.84. The number of guanidine groups is 1. The van der Waals surface area contributed by atoms with Crippen LogP contribution in [0.4, 0.5) is 5.82 Å². The maximum absolute atomic E-state index is 12.1. The monoisotopic (exact) mass is 493 g/mol. The zero-order valence-corrected chi connectivity index (χ0v) is 18.7. The summed E-state index contributed by atoms with van der Waals surface area (Å²) < 4.78 is 0. The second-order valence-corrected chi connectivity index (χ2v) is 6.84. The number of carbonyl (C=O) groups excluding carboxylic acids is 1. The first-order valence-corrected chi connectivity index (χ1v) is 9.39. The van der Waals surface area contributed by atoms with Gasteiger partial charge in [0, 0.05) is 45.2 Å². The van der Waals surface area contributed by atoms with Gasteiger partial charge in [0.15, 0.2) is 5.96 Å². The molecule has 0 aliphatic carbocycles. The van der Waals surface area contributed by atoms with Gasteiger partial charge in [-0.15, -0.1) is 24.0 Å². The lowest BCUT2D eigenvalue weighted by Gasteiger charge is -2.21. The van der Waals surface area contributed by atoms with E-state index in [1.807, 2.05) is 25.1 Å². The topological polar surface area (TPSA) is 69.6 Å². The second kappa shape index (κ2) is 11.0. The lowest BCUT2D eigenvalue weighted by molar-refractivity contribution is -0.116. The number of aliphatic imine (C=N–C) groups is 1. The number of benzene rings is 1. The van der Waals surface area contributed by atoms with Gasteiger partial charge in [0.25, 0.3) is 0 Å². The van der Waals surface area contributed by atoms with Crippen LogP contribution in [-0.2, 0) is 4.79 Å². The number of aryl methyl sites for hydroxylation is 1. The van der Waals surface area contributed by atoms with Gasteiger partial charge in [-0.3, -0.25) is 9.79 Å². The van der Waals surface area contributed by atoms with Crippen molar-refractivity contribution in [1.29, 1.82) is 0 Å². The number of rotatable bonds is 5. The molecule has 1 amide bonds. The molecule has 0 spiro atoms. The summed E-state index contributed by atoms with van der Waals surface area (Å²) in [6, 6.07) is 14.3. The smallest absolute Gasteiger partial charge is 0.227 e. The number of nitrogens with zero attached hydrogens (tertiary/aromatic N) is 3. The van der Waals surface area contributed by atoms with Crippen molar-refractivity contribution < 1.29 is 4.79 Å². The van der Waals surface area contributed by atoms with Crippen molar-refractivity contribution in [3.05, 3.63) is 59.8 Å². The Balaban J connectivity index is 0.00000280. The first-order chi connectivity index (χ1) is 13.2. The Morgan fingerprint density at radius 3 is 2.71 bits per heavy atom. The van der Waals surface area contributed by atoms with Crippen molar-refractivity contribution in [2.45, 2.75) is 25.7 Å². The number of anilines is 1. The Bertz CT molecular complexity index is 779. The summed E-state index contributed by atoms with van der Waals surface area (Å²) in [4.78, 5) is 22.9. The van der Waals surface area contributed by atoms with Crippen molar-refractivity contribution in [2.75, 3.05) is 32.0 Å². The standard InChI is InChI=1S/C21H27N5O.HI/c1-16-8-9-19(24-14-16)25-20(27)10-12-23-21(22-2)26-13-11-18(15-26)17-6-4-3-5-7-17;/h3-9,14,18H,10-13,15H2,1-2H3,(H,22,23)(H,24,25,27);1H. The van der Waals surface area contributed by atoms with E-state index < -0.39 is 0 Å². The van der Waals surface area contributed by atoms with E-state index in [1.54, 1.807) is 13.2 Å². The Morgan fingerprint density at radius 1 is 1.25 bits per heavy atom.